The monoisotopic (exact) mass is 604 g/mol. The number of fused-ring (bicyclic) bond motifs is 1. The summed E-state index contributed by atoms with van der Waals surface area (Å²) in [7, 11) is -4.16. The van der Waals surface area contributed by atoms with Crippen molar-refractivity contribution in [3.8, 4) is 5.75 Å². The number of imidazole rings is 1. The van der Waals surface area contributed by atoms with Crippen molar-refractivity contribution in [2.75, 3.05) is 11.9 Å². The van der Waals surface area contributed by atoms with Crippen molar-refractivity contribution >= 4 is 36.6 Å². The molecule has 3 heterocycles. The molecule has 3 N–H and O–H groups in total. The highest BCUT2D eigenvalue weighted by molar-refractivity contribution is 7.52. The highest BCUT2D eigenvalue weighted by Gasteiger charge is 2.44. The quantitative estimate of drug-likeness (QED) is 0.203. The maximum absolute atomic E-state index is 13.8. The number of carbonyl (C=O) groups excluding carboxylic acids is 2. The van der Waals surface area contributed by atoms with Crippen LogP contribution in [-0.2, 0) is 28.2 Å². The van der Waals surface area contributed by atoms with Crippen molar-refractivity contribution < 1.29 is 37.8 Å². The molecule has 42 heavy (non-hydrogen) atoms. The molecule has 1 aliphatic rings. The van der Waals surface area contributed by atoms with Crippen LogP contribution in [0.1, 0.15) is 47.8 Å². The van der Waals surface area contributed by atoms with Crippen LogP contribution in [0.15, 0.2) is 43.0 Å². The fraction of sp³-hybridized carbons (Fsp3) is 0.519. The zero-order valence-corrected chi connectivity index (χ0v) is 25.2. The Labute approximate surface area is 243 Å². The summed E-state index contributed by atoms with van der Waals surface area (Å²) < 4.78 is 38.2. The van der Waals surface area contributed by atoms with Crippen LogP contribution >= 0.6 is 7.75 Å². The van der Waals surface area contributed by atoms with E-state index in [2.05, 4.69) is 25.4 Å². The number of para-hydroxylation sites is 1. The molecule has 0 saturated carbocycles. The summed E-state index contributed by atoms with van der Waals surface area (Å²) in [6.45, 7) is 9.88. The first-order valence-electron chi connectivity index (χ1n) is 13.7. The molecule has 228 valence electrons. The molecule has 1 fully saturated rings. The Morgan fingerprint density at radius 1 is 1.12 bits per heavy atom. The maximum atomic E-state index is 13.8. The van der Waals surface area contributed by atoms with Gasteiger partial charge in [0, 0.05) is 11.8 Å². The fourth-order valence-corrected chi connectivity index (χ4v) is 5.75. The summed E-state index contributed by atoms with van der Waals surface area (Å²) in [5, 5.41) is 16.4. The van der Waals surface area contributed by atoms with Gasteiger partial charge in [-0.05, 0) is 32.9 Å². The number of hydrogen-bond donors (Lipinski definition) is 3. The number of aromatic nitrogens is 4. The minimum Gasteiger partial charge on any atom is -0.462 e. The molecule has 2 aromatic heterocycles. The van der Waals surface area contributed by atoms with Crippen LogP contribution in [0.5, 0.6) is 5.75 Å². The third-order valence-electron chi connectivity index (χ3n) is 6.52. The average Bonchev–Trinajstić information content (AvgIpc) is 3.48. The predicted molar refractivity (Wildman–Crippen MR) is 152 cm³/mol. The van der Waals surface area contributed by atoms with Crippen LogP contribution in [0.3, 0.4) is 0 Å². The molecular formula is C27H37N6O8P. The molecule has 1 amide bonds. The van der Waals surface area contributed by atoms with E-state index in [9.17, 15) is 19.3 Å². The number of anilines is 1. The zero-order valence-electron chi connectivity index (χ0n) is 24.3. The van der Waals surface area contributed by atoms with Crippen LogP contribution in [-0.4, -0.2) is 67.5 Å². The Morgan fingerprint density at radius 3 is 2.50 bits per heavy atom. The van der Waals surface area contributed by atoms with Gasteiger partial charge in [-0.1, -0.05) is 39.0 Å². The van der Waals surface area contributed by atoms with Crippen LogP contribution in [0, 0.1) is 11.8 Å². The first-order chi connectivity index (χ1) is 19.9. The van der Waals surface area contributed by atoms with Gasteiger partial charge in [-0.25, -0.2) is 19.5 Å². The molecule has 6 atom stereocenters. The van der Waals surface area contributed by atoms with Gasteiger partial charge in [0.2, 0.25) is 5.91 Å². The molecule has 0 aliphatic carbocycles. The van der Waals surface area contributed by atoms with Gasteiger partial charge in [0.15, 0.2) is 17.0 Å². The number of amides is 1. The molecule has 14 nitrogen and oxygen atoms in total. The number of nitrogens with one attached hydrogen (secondary N) is 2. The van der Waals surface area contributed by atoms with E-state index >= 15 is 0 Å². The molecule has 1 aromatic carbocycles. The minimum atomic E-state index is -4.16. The van der Waals surface area contributed by atoms with Crippen LogP contribution in [0.25, 0.3) is 11.2 Å². The molecule has 15 heteroatoms. The number of benzene rings is 1. The van der Waals surface area contributed by atoms with Gasteiger partial charge < -0.3 is 24.4 Å². The third kappa shape index (κ3) is 7.31. The van der Waals surface area contributed by atoms with Gasteiger partial charge in [-0.15, -0.1) is 0 Å². The van der Waals surface area contributed by atoms with Gasteiger partial charge in [0.25, 0.3) is 0 Å². The highest BCUT2D eigenvalue weighted by Crippen LogP contribution is 2.46. The van der Waals surface area contributed by atoms with Crippen LogP contribution in [0.2, 0.25) is 0 Å². The van der Waals surface area contributed by atoms with Crippen LogP contribution < -0.4 is 14.9 Å². The largest absolute Gasteiger partial charge is 0.462 e. The lowest BCUT2D eigenvalue weighted by Crippen LogP contribution is -2.37. The number of hydrogen-bond acceptors (Lipinski definition) is 11. The van der Waals surface area contributed by atoms with Gasteiger partial charge in [0.1, 0.15) is 30.5 Å². The molecule has 0 unspecified atom stereocenters. The van der Waals surface area contributed by atoms with E-state index in [1.54, 1.807) is 69.5 Å². The number of carbonyl (C=O) groups is 2. The number of rotatable bonds is 12. The Morgan fingerprint density at radius 2 is 1.83 bits per heavy atom. The Balaban J connectivity index is 1.51. The topological polar surface area (TPSA) is 176 Å². The van der Waals surface area contributed by atoms with E-state index < -0.39 is 44.1 Å². The van der Waals surface area contributed by atoms with E-state index in [0.717, 1.165) is 0 Å². The van der Waals surface area contributed by atoms with E-state index in [0.29, 0.717) is 11.2 Å². The van der Waals surface area contributed by atoms with E-state index in [1.165, 1.54) is 19.6 Å². The SMILES string of the molecule is CC(C)OC(=O)[C@H](C)N[P@@](=O)(OC[C@H]1O[C@@H](n2cnc3c(NC(=O)C(C)C)ncnc32)[C@@H](C)[C@@H]1O)Oc1ccccc1. The fourth-order valence-electron chi connectivity index (χ4n) is 4.24. The second kappa shape index (κ2) is 13.3. The zero-order chi connectivity index (χ0) is 30.6. The van der Waals surface area contributed by atoms with Crippen LogP contribution in [0.4, 0.5) is 5.82 Å². The first kappa shape index (κ1) is 31.5. The second-order valence-electron chi connectivity index (χ2n) is 10.6. The number of ether oxygens (including phenoxy) is 2. The van der Waals surface area contributed by atoms with Crippen molar-refractivity contribution in [2.24, 2.45) is 11.8 Å². The lowest BCUT2D eigenvalue weighted by Gasteiger charge is -2.25. The molecule has 1 saturated heterocycles. The maximum Gasteiger partial charge on any atom is 0.459 e. The summed E-state index contributed by atoms with van der Waals surface area (Å²) in [6.07, 6.45) is -0.232. The smallest absolute Gasteiger partial charge is 0.459 e. The van der Waals surface area contributed by atoms with Gasteiger partial charge in [-0.3, -0.25) is 18.7 Å². The second-order valence-corrected chi connectivity index (χ2v) is 12.3. The summed E-state index contributed by atoms with van der Waals surface area (Å²) >= 11 is 0. The summed E-state index contributed by atoms with van der Waals surface area (Å²) in [6, 6.07) is 7.33. The van der Waals surface area contributed by atoms with Crippen molar-refractivity contribution in [2.45, 2.75) is 72.1 Å². The number of aliphatic hydroxyl groups excluding tert-OH is 1. The molecule has 3 aromatic rings. The van der Waals surface area contributed by atoms with Gasteiger partial charge >= 0.3 is 13.7 Å². The average molecular weight is 605 g/mol. The Bertz CT molecular complexity index is 1430. The first-order valence-corrected chi connectivity index (χ1v) is 15.2. The van der Waals surface area contributed by atoms with Crippen molar-refractivity contribution in [1.82, 2.24) is 24.6 Å². The number of esters is 1. The molecule has 0 radical (unpaired) electrons. The van der Waals surface area contributed by atoms with Gasteiger partial charge in [-0.2, -0.15) is 5.09 Å². The van der Waals surface area contributed by atoms with Gasteiger partial charge in [0.05, 0.1) is 25.1 Å². The lowest BCUT2D eigenvalue weighted by molar-refractivity contribution is -0.149. The van der Waals surface area contributed by atoms with E-state index in [1.807, 2.05) is 0 Å². The molecule has 1 aliphatic heterocycles. The summed E-state index contributed by atoms with van der Waals surface area (Å²) in [5.74, 6) is -1.05. The summed E-state index contributed by atoms with van der Waals surface area (Å²) in [5.41, 5.74) is 0.760. The third-order valence-corrected chi connectivity index (χ3v) is 8.16. The van der Waals surface area contributed by atoms with Crippen molar-refractivity contribution in [3.63, 3.8) is 0 Å². The molecule has 4 rings (SSSR count). The van der Waals surface area contributed by atoms with Crippen molar-refractivity contribution in [3.05, 3.63) is 43.0 Å². The molecule has 0 bridgehead atoms. The number of nitrogens with zero attached hydrogens (tertiary/aromatic N) is 4. The highest BCUT2D eigenvalue weighted by atomic mass is 31.2. The molecule has 0 spiro atoms. The number of aliphatic hydroxyl groups is 1. The Hall–Kier alpha value is -3.42. The lowest BCUT2D eigenvalue weighted by atomic mass is 10.0. The normalized spacial score (nSPS) is 22.7. The van der Waals surface area contributed by atoms with E-state index in [4.69, 9.17) is 18.5 Å². The summed E-state index contributed by atoms with van der Waals surface area (Å²) in [4.78, 5) is 37.5. The Kier molecular flexibility index (Phi) is 9.95. The minimum absolute atomic E-state index is 0.217. The van der Waals surface area contributed by atoms with Crippen molar-refractivity contribution in [1.29, 1.82) is 0 Å². The molecular weight excluding hydrogens is 567 g/mol. The predicted octanol–water partition coefficient (Wildman–Crippen LogP) is 3.45. The van der Waals surface area contributed by atoms with E-state index in [-0.39, 0.29) is 36.1 Å². The standard InChI is InChI=1S/C27H37N6O8P/c1-15(2)25(35)31-23-21-24(29-13-28-23)33(14-30-21)26-17(5)22(34)20(40-26)12-38-42(37,41-19-10-8-7-9-11-19)32-18(6)27(36)39-16(3)4/h7-11,13-18,20,22,26,34H,12H2,1-6H3,(H,32,37)(H,28,29,31,35)/t17-,18-,20+,22-,26+,42+/m0/s1.